The highest BCUT2D eigenvalue weighted by atomic mass is 35.5. The number of nitrogens with zero attached hydrogens (tertiary/aromatic N) is 5. The van der Waals surface area contributed by atoms with Gasteiger partial charge in [0.25, 0.3) is 0 Å². The van der Waals surface area contributed by atoms with E-state index in [0.29, 0.717) is 10.7 Å². The minimum absolute atomic E-state index is 0.0981. The van der Waals surface area contributed by atoms with Crippen molar-refractivity contribution in [3.8, 4) is 0 Å². The van der Waals surface area contributed by atoms with Gasteiger partial charge in [-0.2, -0.15) is 27.1 Å². The predicted octanol–water partition coefficient (Wildman–Crippen LogP) is 4.21. The molecule has 0 radical (unpaired) electrons. The Balaban J connectivity index is 1.66. The molecule has 0 aliphatic carbocycles. The lowest BCUT2D eigenvalue weighted by atomic mass is 9.93. The van der Waals surface area contributed by atoms with Crippen LogP contribution in [0.2, 0.25) is 5.02 Å². The predicted molar refractivity (Wildman–Crippen MR) is 119 cm³/mol. The van der Waals surface area contributed by atoms with Gasteiger partial charge in [0, 0.05) is 48.7 Å². The molecule has 1 aromatic carbocycles. The van der Waals surface area contributed by atoms with Crippen LogP contribution in [0.5, 0.6) is 0 Å². The smallest absolute Gasteiger partial charge is 0.354 e. The minimum atomic E-state index is -4.62. The van der Waals surface area contributed by atoms with E-state index in [9.17, 15) is 21.6 Å². The van der Waals surface area contributed by atoms with Crippen LogP contribution in [-0.2, 0) is 21.6 Å². The summed E-state index contributed by atoms with van der Waals surface area (Å²) in [4.78, 5) is 5.59. The van der Waals surface area contributed by atoms with Crippen LogP contribution in [0.25, 0.3) is 5.65 Å². The van der Waals surface area contributed by atoms with Crippen molar-refractivity contribution in [2.75, 3.05) is 31.1 Å². The van der Waals surface area contributed by atoms with Crippen molar-refractivity contribution in [3.63, 3.8) is 0 Å². The van der Waals surface area contributed by atoms with Gasteiger partial charge in [-0.1, -0.05) is 32.4 Å². The van der Waals surface area contributed by atoms with Gasteiger partial charge in [0.15, 0.2) is 11.3 Å². The maximum absolute atomic E-state index is 13.5. The van der Waals surface area contributed by atoms with Gasteiger partial charge in [0.2, 0.25) is 10.0 Å². The molecule has 0 spiro atoms. The number of hydrogen-bond acceptors (Lipinski definition) is 5. The molecule has 3 aromatic rings. The number of benzene rings is 1. The van der Waals surface area contributed by atoms with Gasteiger partial charge < -0.3 is 4.90 Å². The summed E-state index contributed by atoms with van der Waals surface area (Å²) in [6.45, 7) is 6.38. The normalized spacial score (nSPS) is 16.5. The molecule has 1 fully saturated rings. The molecule has 0 bridgehead atoms. The van der Waals surface area contributed by atoms with Gasteiger partial charge in [0.1, 0.15) is 5.82 Å². The number of hydrogen-bond donors (Lipinski definition) is 0. The first-order valence-corrected chi connectivity index (χ1v) is 12.1. The lowest BCUT2D eigenvalue weighted by Crippen LogP contribution is -2.49. The Bertz CT molecular complexity index is 1280. The van der Waals surface area contributed by atoms with Crippen LogP contribution in [0, 0.1) is 0 Å². The summed E-state index contributed by atoms with van der Waals surface area (Å²) in [6, 6.07) is 8.40. The summed E-state index contributed by atoms with van der Waals surface area (Å²) >= 11 is 5.85. The number of piperazine rings is 1. The molecule has 1 aliphatic heterocycles. The molecule has 0 atom stereocenters. The second-order valence-corrected chi connectivity index (χ2v) is 11.3. The molecule has 0 saturated carbocycles. The second kappa shape index (κ2) is 8.14. The molecule has 4 rings (SSSR count). The van der Waals surface area contributed by atoms with Crippen molar-refractivity contribution in [1.82, 2.24) is 18.9 Å². The molecule has 0 unspecified atom stereocenters. The number of halogens is 4. The van der Waals surface area contributed by atoms with Crippen molar-refractivity contribution < 1.29 is 21.6 Å². The van der Waals surface area contributed by atoms with Crippen LogP contribution in [-0.4, -0.2) is 53.5 Å². The average Bonchev–Trinajstić information content (AvgIpc) is 3.18. The van der Waals surface area contributed by atoms with Crippen LogP contribution >= 0.6 is 11.6 Å². The summed E-state index contributed by atoms with van der Waals surface area (Å²) < 4.78 is 69.2. The lowest BCUT2D eigenvalue weighted by Gasteiger charge is -2.35. The molecule has 7 nitrogen and oxygen atoms in total. The highest BCUT2D eigenvalue weighted by molar-refractivity contribution is 7.89. The molecule has 2 aromatic heterocycles. The first-order valence-electron chi connectivity index (χ1n) is 10.3. The third-order valence-electron chi connectivity index (χ3n) is 5.48. The highest BCUT2D eigenvalue weighted by Crippen LogP contribution is 2.33. The lowest BCUT2D eigenvalue weighted by molar-refractivity contribution is -0.141. The molecule has 1 aliphatic rings. The number of alkyl halides is 3. The van der Waals surface area contributed by atoms with Crippen LogP contribution < -0.4 is 4.90 Å². The zero-order valence-corrected chi connectivity index (χ0v) is 19.8. The van der Waals surface area contributed by atoms with E-state index in [4.69, 9.17) is 11.6 Å². The van der Waals surface area contributed by atoms with Crippen LogP contribution in [0.3, 0.4) is 0 Å². The van der Waals surface area contributed by atoms with Gasteiger partial charge in [-0.25, -0.2) is 13.4 Å². The summed E-state index contributed by atoms with van der Waals surface area (Å²) in [6.07, 6.45) is -4.62. The maximum Gasteiger partial charge on any atom is 0.433 e. The van der Waals surface area contributed by atoms with E-state index in [-0.39, 0.29) is 48.0 Å². The minimum Gasteiger partial charge on any atom is -0.354 e. The third kappa shape index (κ3) is 4.67. The molecule has 12 heteroatoms. The molecular weight excluding hydrogens is 479 g/mol. The van der Waals surface area contributed by atoms with Gasteiger partial charge in [-0.3, -0.25) is 0 Å². The SMILES string of the molecule is CC(C)(C)c1cc2nc(C(F)(F)F)cc(N3CCN(S(=O)(=O)c4ccc(Cl)cc4)CC3)n2n1. The van der Waals surface area contributed by atoms with E-state index in [1.165, 1.54) is 33.1 Å². The Morgan fingerprint density at radius 2 is 1.55 bits per heavy atom. The zero-order chi connectivity index (χ0) is 24.2. The van der Waals surface area contributed by atoms with Crippen molar-refractivity contribution in [1.29, 1.82) is 0 Å². The van der Waals surface area contributed by atoms with Crippen LogP contribution in [0.4, 0.5) is 19.0 Å². The highest BCUT2D eigenvalue weighted by Gasteiger charge is 2.36. The van der Waals surface area contributed by atoms with E-state index in [0.717, 1.165) is 6.07 Å². The van der Waals surface area contributed by atoms with Crippen molar-refractivity contribution in [2.45, 2.75) is 37.3 Å². The third-order valence-corrected chi connectivity index (χ3v) is 7.65. The molecular formula is C21H23ClF3N5O2S. The van der Waals surface area contributed by atoms with E-state index in [1.807, 2.05) is 20.8 Å². The molecule has 0 N–H and O–H groups in total. The van der Waals surface area contributed by atoms with Gasteiger partial charge in [-0.15, -0.1) is 0 Å². The van der Waals surface area contributed by atoms with Gasteiger partial charge in [0.05, 0.1) is 10.6 Å². The van der Waals surface area contributed by atoms with Crippen LogP contribution in [0.15, 0.2) is 41.3 Å². The summed E-state index contributed by atoms with van der Waals surface area (Å²) in [5.74, 6) is 0.228. The van der Waals surface area contributed by atoms with E-state index in [1.54, 1.807) is 11.0 Å². The fraction of sp³-hybridized carbons (Fsp3) is 0.429. The Morgan fingerprint density at radius 3 is 2.09 bits per heavy atom. The largest absolute Gasteiger partial charge is 0.433 e. The van der Waals surface area contributed by atoms with Gasteiger partial charge in [-0.05, 0) is 24.3 Å². The Hall–Kier alpha value is -2.37. The van der Waals surface area contributed by atoms with Crippen molar-refractivity contribution >= 4 is 33.1 Å². The monoisotopic (exact) mass is 501 g/mol. The first kappa shape index (κ1) is 23.8. The summed E-state index contributed by atoms with van der Waals surface area (Å²) in [5, 5.41) is 4.93. The second-order valence-electron chi connectivity index (χ2n) is 8.89. The molecule has 178 valence electrons. The summed E-state index contributed by atoms with van der Waals surface area (Å²) in [5.41, 5.74) is -0.684. The Labute approximate surface area is 194 Å². The molecule has 3 heterocycles. The fourth-order valence-corrected chi connectivity index (χ4v) is 5.16. The number of sulfonamides is 1. The van der Waals surface area contributed by atoms with Crippen molar-refractivity contribution in [2.24, 2.45) is 0 Å². The zero-order valence-electron chi connectivity index (χ0n) is 18.3. The molecule has 0 amide bonds. The number of aromatic nitrogens is 3. The molecule has 33 heavy (non-hydrogen) atoms. The number of anilines is 1. The first-order chi connectivity index (χ1) is 15.3. The average molecular weight is 502 g/mol. The maximum atomic E-state index is 13.5. The summed E-state index contributed by atoms with van der Waals surface area (Å²) in [7, 11) is -3.74. The topological polar surface area (TPSA) is 70.8 Å². The van der Waals surface area contributed by atoms with E-state index < -0.39 is 21.9 Å². The van der Waals surface area contributed by atoms with Gasteiger partial charge >= 0.3 is 6.18 Å². The Kier molecular flexibility index (Phi) is 5.86. The Morgan fingerprint density at radius 1 is 0.939 bits per heavy atom. The van der Waals surface area contributed by atoms with Crippen molar-refractivity contribution in [3.05, 3.63) is 52.8 Å². The number of fused-ring (bicyclic) bond motifs is 1. The quantitative estimate of drug-likeness (QED) is 0.537. The number of rotatable bonds is 3. The van der Waals surface area contributed by atoms with E-state index in [2.05, 4.69) is 10.1 Å². The molecule has 1 saturated heterocycles. The standard InChI is InChI=1S/C21H23ClF3N5O2S/c1-20(2,3)16-12-18-26-17(21(23,24)25)13-19(30(18)27-16)28-8-10-29(11-9-28)33(31,32)15-6-4-14(22)5-7-15/h4-7,12-13H,8-11H2,1-3H3. The van der Waals surface area contributed by atoms with Crippen LogP contribution in [0.1, 0.15) is 32.2 Å². The fourth-order valence-electron chi connectivity index (χ4n) is 3.61. The van der Waals surface area contributed by atoms with E-state index >= 15 is 0 Å².